The molecule has 1 saturated heterocycles. The molecule has 2 rings (SSSR count). The summed E-state index contributed by atoms with van der Waals surface area (Å²) < 4.78 is 10.3. The Balaban J connectivity index is 0.00000420. The number of guanidine groups is 1. The van der Waals surface area contributed by atoms with Crippen molar-refractivity contribution in [2.24, 2.45) is 4.99 Å². The first-order valence-corrected chi connectivity index (χ1v) is 10.1. The van der Waals surface area contributed by atoms with Gasteiger partial charge in [0, 0.05) is 32.7 Å². The lowest BCUT2D eigenvalue weighted by Crippen LogP contribution is -2.50. The summed E-state index contributed by atoms with van der Waals surface area (Å²) in [4.78, 5) is 17.9. The molecule has 1 heterocycles. The minimum atomic E-state index is -0.212. The van der Waals surface area contributed by atoms with Crippen LogP contribution in [0.15, 0.2) is 29.3 Å². The molecule has 1 aromatic rings. The number of carbonyl (C=O) groups excluding carboxylic acids is 1. The van der Waals surface area contributed by atoms with Crippen LogP contribution >= 0.6 is 24.0 Å². The second kappa shape index (κ2) is 13.5. The highest BCUT2D eigenvalue weighted by atomic mass is 127. The molecule has 1 amide bonds. The van der Waals surface area contributed by atoms with E-state index in [0.717, 1.165) is 37.5 Å². The van der Waals surface area contributed by atoms with E-state index in [1.165, 1.54) is 5.56 Å². The van der Waals surface area contributed by atoms with E-state index in [-0.39, 0.29) is 30.1 Å². The van der Waals surface area contributed by atoms with Crippen LogP contribution in [-0.4, -0.2) is 63.4 Å². The standard InChI is InChI=1S/C21H34N4O3.HI/c1-5-28-21(26)25-14-11-18(12-15-25)24-20(22-3)23-13-10-16(2)17-6-8-19(27-4)9-7-17;/h6-9,16,18H,5,10-15H2,1-4H3,(H2,22,23,24);1H. The molecule has 1 aliphatic heterocycles. The Bertz CT molecular complexity index is 631. The number of ether oxygens (including phenoxy) is 2. The van der Waals surface area contributed by atoms with Gasteiger partial charge < -0.3 is 25.0 Å². The van der Waals surface area contributed by atoms with Crippen LogP contribution in [0, 0.1) is 0 Å². The molecule has 0 spiro atoms. The minimum absolute atomic E-state index is 0. The Morgan fingerprint density at radius 3 is 2.48 bits per heavy atom. The van der Waals surface area contributed by atoms with Crippen LogP contribution in [0.3, 0.4) is 0 Å². The van der Waals surface area contributed by atoms with Gasteiger partial charge in [-0.1, -0.05) is 19.1 Å². The summed E-state index contributed by atoms with van der Waals surface area (Å²) in [5.74, 6) is 2.15. The van der Waals surface area contributed by atoms with Gasteiger partial charge in [0.15, 0.2) is 5.96 Å². The monoisotopic (exact) mass is 518 g/mol. The van der Waals surface area contributed by atoms with Crippen LogP contribution in [0.5, 0.6) is 5.75 Å². The number of carbonyl (C=O) groups is 1. The minimum Gasteiger partial charge on any atom is -0.497 e. The van der Waals surface area contributed by atoms with Crippen molar-refractivity contribution < 1.29 is 14.3 Å². The number of methoxy groups -OCH3 is 1. The van der Waals surface area contributed by atoms with Gasteiger partial charge in [-0.2, -0.15) is 0 Å². The second-order valence-electron chi connectivity index (χ2n) is 7.07. The van der Waals surface area contributed by atoms with E-state index < -0.39 is 0 Å². The Morgan fingerprint density at radius 2 is 1.93 bits per heavy atom. The van der Waals surface area contributed by atoms with E-state index in [1.807, 2.05) is 19.1 Å². The summed E-state index contributed by atoms with van der Waals surface area (Å²) in [5.41, 5.74) is 1.30. The topological polar surface area (TPSA) is 75.2 Å². The fraction of sp³-hybridized carbons (Fsp3) is 0.619. The molecule has 1 atom stereocenters. The lowest BCUT2D eigenvalue weighted by molar-refractivity contribution is 0.0963. The fourth-order valence-corrected chi connectivity index (χ4v) is 3.32. The summed E-state index contributed by atoms with van der Waals surface area (Å²) in [5, 5.41) is 6.87. The molecule has 0 bridgehead atoms. The third-order valence-electron chi connectivity index (χ3n) is 5.14. The highest BCUT2D eigenvalue weighted by Gasteiger charge is 2.24. The Hall–Kier alpha value is -1.71. The number of nitrogens with zero attached hydrogens (tertiary/aromatic N) is 2. The van der Waals surface area contributed by atoms with Crippen LogP contribution in [0.2, 0.25) is 0 Å². The van der Waals surface area contributed by atoms with E-state index in [1.54, 1.807) is 19.1 Å². The fourth-order valence-electron chi connectivity index (χ4n) is 3.32. The molecule has 7 nitrogen and oxygen atoms in total. The lowest BCUT2D eigenvalue weighted by atomic mass is 9.98. The van der Waals surface area contributed by atoms with E-state index >= 15 is 0 Å². The zero-order valence-electron chi connectivity index (χ0n) is 17.9. The number of nitrogens with one attached hydrogen (secondary N) is 2. The summed E-state index contributed by atoms with van der Waals surface area (Å²) in [7, 11) is 3.47. The van der Waals surface area contributed by atoms with E-state index in [2.05, 4.69) is 34.7 Å². The highest BCUT2D eigenvalue weighted by molar-refractivity contribution is 14.0. The van der Waals surface area contributed by atoms with Crippen molar-refractivity contribution in [2.75, 3.05) is 40.4 Å². The van der Waals surface area contributed by atoms with Crippen molar-refractivity contribution in [3.8, 4) is 5.75 Å². The molecule has 1 unspecified atom stereocenters. The quantitative estimate of drug-likeness (QED) is 0.328. The molecule has 1 aromatic carbocycles. The number of likely N-dealkylation sites (tertiary alicyclic amines) is 1. The molecule has 1 aliphatic rings. The number of hydrogen-bond donors (Lipinski definition) is 2. The average Bonchev–Trinajstić information content (AvgIpc) is 2.73. The first kappa shape index (κ1) is 25.3. The normalized spacial score (nSPS) is 15.9. The number of hydrogen-bond acceptors (Lipinski definition) is 4. The highest BCUT2D eigenvalue weighted by Crippen LogP contribution is 2.21. The molecular formula is C21H35IN4O3. The maximum Gasteiger partial charge on any atom is 0.409 e. The van der Waals surface area contributed by atoms with Gasteiger partial charge in [0.05, 0.1) is 13.7 Å². The number of benzene rings is 1. The van der Waals surface area contributed by atoms with E-state index in [9.17, 15) is 4.79 Å². The zero-order valence-corrected chi connectivity index (χ0v) is 20.3. The van der Waals surface area contributed by atoms with Gasteiger partial charge >= 0.3 is 6.09 Å². The number of rotatable bonds is 7. The van der Waals surface area contributed by atoms with Gasteiger partial charge in [-0.25, -0.2) is 4.79 Å². The number of amides is 1. The largest absolute Gasteiger partial charge is 0.497 e. The maximum atomic E-state index is 11.8. The van der Waals surface area contributed by atoms with Gasteiger partial charge in [0.25, 0.3) is 0 Å². The molecule has 0 saturated carbocycles. The summed E-state index contributed by atoms with van der Waals surface area (Å²) >= 11 is 0. The summed E-state index contributed by atoms with van der Waals surface area (Å²) in [6.07, 6.45) is 2.58. The third kappa shape index (κ3) is 8.28. The SMILES string of the molecule is CCOC(=O)N1CCC(NC(=NC)NCCC(C)c2ccc(OC)cc2)CC1.I. The average molecular weight is 518 g/mol. The molecule has 8 heteroatoms. The molecule has 29 heavy (non-hydrogen) atoms. The van der Waals surface area contributed by atoms with Crippen molar-refractivity contribution in [1.82, 2.24) is 15.5 Å². The number of piperidine rings is 1. The molecular weight excluding hydrogens is 483 g/mol. The van der Waals surface area contributed by atoms with Crippen molar-refractivity contribution in [3.63, 3.8) is 0 Å². The molecule has 2 N–H and O–H groups in total. The summed E-state index contributed by atoms with van der Waals surface area (Å²) in [6, 6.07) is 8.56. The first-order valence-electron chi connectivity index (χ1n) is 10.1. The van der Waals surface area contributed by atoms with E-state index in [4.69, 9.17) is 9.47 Å². The lowest BCUT2D eigenvalue weighted by Gasteiger charge is -2.32. The van der Waals surface area contributed by atoms with Crippen LogP contribution in [0.1, 0.15) is 44.6 Å². The van der Waals surface area contributed by atoms with Gasteiger partial charge in [-0.05, 0) is 49.8 Å². The Morgan fingerprint density at radius 1 is 1.28 bits per heavy atom. The van der Waals surface area contributed by atoms with Crippen LogP contribution in [0.25, 0.3) is 0 Å². The number of halogens is 1. The van der Waals surface area contributed by atoms with Crippen molar-refractivity contribution >= 4 is 36.0 Å². The second-order valence-corrected chi connectivity index (χ2v) is 7.07. The first-order chi connectivity index (χ1) is 13.6. The van der Waals surface area contributed by atoms with Crippen LogP contribution < -0.4 is 15.4 Å². The molecule has 164 valence electrons. The Kier molecular flexibility index (Phi) is 11.8. The van der Waals surface area contributed by atoms with Crippen LogP contribution in [0.4, 0.5) is 4.79 Å². The third-order valence-corrected chi connectivity index (χ3v) is 5.14. The van der Waals surface area contributed by atoms with Crippen molar-refractivity contribution in [2.45, 2.75) is 45.1 Å². The zero-order chi connectivity index (χ0) is 20.4. The van der Waals surface area contributed by atoms with Gasteiger partial charge in [-0.15, -0.1) is 24.0 Å². The van der Waals surface area contributed by atoms with Crippen molar-refractivity contribution in [3.05, 3.63) is 29.8 Å². The van der Waals surface area contributed by atoms with Gasteiger partial charge in [-0.3, -0.25) is 4.99 Å². The number of aliphatic imine (C=N–C) groups is 1. The smallest absolute Gasteiger partial charge is 0.409 e. The molecule has 1 fully saturated rings. The van der Waals surface area contributed by atoms with Crippen LogP contribution in [-0.2, 0) is 4.74 Å². The maximum absolute atomic E-state index is 11.8. The van der Waals surface area contributed by atoms with Gasteiger partial charge in [0.2, 0.25) is 0 Å². The Labute approximate surface area is 191 Å². The molecule has 0 radical (unpaired) electrons. The molecule has 0 aromatic heterocycles. The van der Waals surface area contributed by atoms with Gasteiger partial charge in [0.1, 0.15) is 5.75 Å². The predicted molar refractivity (Wildman–Crippen MR) is 128 cm³/mol. The predicted octanol–water partition coefficient (Wildman–Crippen LogP) is 3.59. The molecule has 0 aliphatic carbocycles. The van der Waals surface area contributed by atoms with Crippen molar-refractivity contribution in [1.29, 1.82) is 0 Å². The summed E-state index contributed by atoms with van der Waals surface area (Å²) in [6.45, 7) is 6.74. The van der Waals surface area contributed by atoms with E-state index in [0.29, 0.717) is 31.7 Å².